The number of hydrogen-bond acceptors (Lipinski definition) is 3. The van der Waals surface area contributed by atoms with Crippen molar-refractivity contribution in [2.75, 3.05) is 13.6 Å². The number of hydrogen-bond donors (Lipinski definition) is 0. The minimum Gasteiger partial charge on any atom is -0.137 e. The normalized spacial score (nSPS) is 31.8. The maximum Gasteiger partial charge on any atom is 0.239 e. The summed E-state index contributed by atoms with van der Waals surface area (Å²) in [5.41, 5.74) is 0. The second-order valence-corrected chi connectivity index (χ2v) is 2.35. The molecule has 1 aliphatic heterocycles. The SMILES string of the molecule is CCC[N+]1(C)C=NN=N1. The largest absolute Gasteiger partial charge is 0.239 e. The van der Waals surface area contributed by atoms with Crippen LogP contribution in [0.2, 0.25) is 0 Å². The Kier molecular flexibility index (Phi) is 1.57. The quantitative estimate of drug-likeness (QED) is 0.499. The third-order valence-corrected chi connectivity index (χ3v) is 1.27. The third kappa shape index (κ3) is 1.32. The standard InChI is InChI=1S/C5H11N4/c1-3-4-9(2)5-6-7-8-9/h5H,3-4H2,1-2H3/q+1. The Bertz CT molecular complexity index is 137. The van der Waals surface area contributed by atoms with Crippen LogP contribution in [0.3, 0.4) is 0 Å². The van der Waals surface area contributed by atoms with Gasteiger partial charge in [0.15, 0.2) is 0 Å². The molecule has 0 aromatic rings. The molecule has 0 fully saturated rings. The molecule has 1 heterocycles. The summed E-state index contributed by atoms with van der Waals surface area (Å²) in [5.74, 6) is 0. The van der Waals surface area contributed by atoms with Gasteiger partial charge in [0, 0.05) is 5.22 Å². The van der Waals surface area contributed by atoms with Crippen molar-refractivity contribution in [3.8, 4) is 0 Å². The fraction of sp³-hybridized carbons (Fsp3) is 0.800. The monoisotopic (exact) mass is 127 g/mol. The molecule has 0 aliphatic carbocycles. The van der Waals surface area contributed by atoms with E-state index >= 15 is 0 Å². The molecule has 0 spiro atoms. The van der Waals surface area contributed by atoms with E-state index in [-0.39, 0.29) is 0 Å². The molecule has 0 amide bonds. The summed E-state index contributed by atoms with van der Waals surface area (Å²) in [4.78, 5) is 0. The molecule has 1 unspecified atom stereocenters. The lowest BCUT2D eigenvalue weighted by molar-refractivity contribution is -0.822. The van der Waals surface area contributed by atoms with Gasteiger partial charge in [-0.1, -0.05) is 12.0 Å². The molecule has 1 rings (SSSR count). The molecule has 0 radical (unpaired) electrons. The molecular formula is C5H11N4+. The van der Waals surface area contributed by atoms with Gasteiger partial charge in [-0.25, -0.2) is 0 Å². The molecule has 0 bridgehead atoms. The van der Waals surface area contributed by atoms with Gasteiger partial charge in [-0.15, -0.1) is 4.59 Å². The van der Waals surface area contributed by atoms with E-state index in [9.17, 15) is 0 Å². The van der Waals surface area contributed by atoms with Gasteiger partial charge in [0.05, 0.1) is 5.22 Å². The van der Waals surface area contributed by atoms with Gasteiger partial charge in [0.2, 0.25) is 6.34 Å². The van der Waals surface area contributed by atoms with Crippen molar-refractivity contribution < 1.29 is 4.59 Å². The van der Waals surface area contributed by atoms with Gasteiger partial charge >= 0.3 is 0 Å². The predicted octanol–water partition coefficient (Wildman–Crippen LogP) is 1.17. The Morgan fingerprint density at radius 2 is 2.33 bits per heavy atom. The van der Waals surface area contributed by atoms with Crippen LogP contribution in [0.25, 0.3) is 0 Å². The molecule has 0 saturated heterocycles. The van der Waals surface area contributed by atoms with Crippen LogP contribution in [0, 0.1) is 0 Å². The minimum absolute atomic E-state index is 0.510. The summed E-state index contributed by atoms with van der Waals surface area (Å²) in [5, 5.41) is 11.1. The van der Waals surface area contributed by atoms with Gasteiger partial charge in [-0.2, -0.15) is 0 Å². The Labute approximate surface area is 54.4 Å². The maximum atomic E-state index is 3.90. The fourth-order valence-electron chi connectivity index (χ4n) is 0.827. The number of quaternary nitrogens is 1. The Morgan fingerprint density at radius 1 is 1.56 bits per heavy atom. The molecule has 4 nitrogen and oxygen atoms in total. The molecule has 1 atom stereocenters. The Hall–Kier alpha value is -0.770. The third-order valence-electron chi connectivity index (χ3n) is 1.27. The molecule has 1 aliphatic rings. The lowest BCUT2D eigenvalue weighted by Crippen LogP contribution is -2.34. The molecule has 0 N–H and O–H groups in total. The summed E-state index contributed by atoms with van der Waals surface area (Å²) in [6, 6.07) is 0. The van der Waals surface area contributed by atoms with E-state index in [1.54, 1.807) is 6.34 Å². The fourth-order valence-corrected chi connectivity index (χ4v) is 0.827. The first-order valence-corrected chi connectivity index (χ1v) is 3.09. The van der Waals surface area contributed by atoms with Crippen LogP contribution in [0.5, 0.6) is 0 Å². The molecule has 0 aromatic heterocycles. The topological polar surface area (TPSA) is 37.1 Å². The van der Waals surface area contributed by atoms with Crippen LogP contribution in [-0.2, 0) is 0 Å². The van der Waals surface area contributed by atoms with Crippen molar-refractivity contribution in [3.63, 3.8) is 0 Å². The van der Waals surface area contributed by atoms with Crippen LogP contribution in [-0.4, -0.2) is 24.5 Å². The summed E-state index contributed by atoms with van der Waals surface area (Å²) in [7, 11) is 1.98. The number of rotatable bonds is 2. The van der Waals surface area contributed by atoms with E-state index in [1.165, 1.54) is 0 Å². The average molecular weight is 127 g/mol. The number of nitrogens with zero attached hydrogens (tertiary/aromatic N) is 4. The lowest BCUT2D eigenvalue weighted by atomic mass is 10.4. The summed E-state index contributed by atoms with van der Waals surface area (Å²) in [6.45, 7) is 3.10. The highest BCUT2D eigenvalue weighted by atomic mass is 15.8. The Balaban J connectivity index is 2.53. The molecule has 0 saturated carbocycles. The average Bonchev–Trinajstić information content (AvgIpc) is 2.16. The van der Waals surface area contributed by atoms with Crippen molar-refractivity contribution in [1.82, 2.24) is 0 Å². The first-order valence-electron chi connectivity index (χ1n) is 3.09. The zero-order chi connectivity index (χ0) is 6.74. The second kappa shape index (κ2) is 2.23. The second-order valence-electron chi connectivity index (χ2n) is 2.35. The van der Waals surface area contributed by atoms with Gasteiger partial charge in [0.25, 0.3) is 0 Å². The van der Waals surface area contributed by atoms with Crippen LogP contribution in [0.15, 0.2) is 15.5 Å². The Morgan fingerprint density at radius 3 is 2.78 bits per heavy atom. The summed E-state index contributed by atoms with van der Waals surface area (Å²) in [6.07, 6.45) is 2.84. The van der Waals surface area contributed by atoms with Crippen LogP contribution in [0.1, 0.15) is 13.3 Å². The van der Waals surface area contributed by atoms with Crippen molar-refractivity contribution in [2.45, 2.75) is 13.3 Å². The van der Waals surface area contributed by atoms with Crippen molar-refractivity contribution in [2.24, 2.45) is 15.5 Å². The highest BCUT2D eigenvalue weighted by Crippen LogP contribution is 2.07. The van der Waals surface area contributed by atoms with E-state index < -0.39 is 0 Å². The van der Waals surface area contributed by atoms with Gasteiger partial charge < -0.3 is 0 Å². The zero-order valence-electron chi connectivity index (χ0n) is 5.78. The van der Waals surface area contributed by atoms with Crippen LogP contribution in [0.4, 0.5) is 0 Å². The maximum absolute atomic E-state index is 3.90. The van der Waals surface area contributed by atoms with E-state index in [0.29, 0.717) is 4.59 Å². The molecular weight excluding hydrogens is 116 g/mol. The van der Waals surface area contributed by atoms with E-state index in [0.717, 1.165) is 13.0 Å². The molecule has 4 heteroatoms. The summed E-state index contributed by atoms with van der Waals surface area (Å²) < 4.78 is 0.510. The summed E-state index contributed by atoms with van der Waals surface area (Å²) >= 11 is 0. The van der Waals surface area contributed by atoms with E-state index in [4.69, 9.17) is 0 Å². The van der Waals surface area contributed by atoms with Gasteiger partial charge in [-0.3, -0.25) is 0 Å². The lowest BCUT2D eigenvalue weighted by Gasteiger charge is -2.14. The van der Waals surface area contributed by atoms with E-state index in [1.807, 2.05) is 7.05 Å². The van der Waals surface area contributed by atoms with Crippen molar-refractivity contribution in [1.29, 1.82) is 0 Å². The first kappa shape index (κ1) is 6.35. The highest BCUT2D eigenvalue weighted by molar-refractivity contribution is 5.45. The minimum atomic E-state index is 0.510. The molecule has 9 heavy (non-hydrogen) atoms. The van der Waals surface area contributed by atoms with Crippen molar-refractivity contribution >= 4 is 6.34 Å². The highest BCUT2D eigenvalue weighted by Gasteiger charge is 2.21. The van der Waals surface area contributed by atoms with Gasteiger partial charge in [-0.05, 0) is 6.42 Å². The van der Waals surface area contributed by atoms with E-state index in [2.05, 4.69) is 22.5 Å². The first-order chi connectivity index (χ1) is 4.27. The van der Waals surface area contributed by atoms with Gasteiger partial charge in [0.1, 0.15) is 13.6 Å². The molecule has 50 valence electrons. The predicted molar refractivity (Wildman–Crippen MR) is 34.7 cm³/mol. The van der Waals surface area contributed by atoms with Crippen LogP contribution < -0.4 is 0 Å². The smallest absolute Gasteiger partial charge is 0.137 e. The van der Waals surface area contributed by atoms with Crippen LogP contribution >= 0.6 is 0 Å². The zero-order valence-corrected chi connectivity index (χ0v) is 5.78. The van der Waals surface area contributed by atoms with Crippen molar-refractivity contribution in [3.05, 3.63) is 0 Å². The molecule has 0 aromatic carbocycles.